The molecule has 4 aliphatic heterocycles. The lowest BCUT2D eigenvalue weighted by Gasteiger charge is -2.52. The van der Waals surface area contributed by atoms with Crippen LogP contribution >= 0.6 is 0 Å². The van der Waals surface area contributed by atoms with Crippen molar-refractivity contribution >= 4 is 71.6 Å². The van der Waals surface area contributed by atoms with Crippen LogP contribution in [0.1, 0.15) is 96.4 Å². The van der Waals surface area contributed by atoms with E-state index in [-0.39, 0.29) is 0 Å². The fourth-order valence-corrected chi connectivity index (χ4v) is 9.45. The Morgan fingerprint density at radius 1 is 0.362 bits per heavy atom. The van der Waals surface area contributed by atoms with Crippen molar-refractivity contribution in [3.63, 3.8) is 0 Å². The number of hydrogen-bond donors (Lipinski definition) is 1. The van der Waals surface area contributed by atoms with E-state index in [0.717, 1.165) is 83.1 Å². The smallest absolute Gasteiger partial charge is 0.303 e. The van der Waals surface area contributed by atoms with Crippen LogP contribution in [0.25, 0.3) is 0 Å². The van der Waals surface area contributed by atoms with Crippen molar-refractivity contribution in [3.05, 3.63) is 0 Å². The molecule has 0 aromatic heterocycles. The van der Waals surface area contributed by atoms with Gasteiger partial charge in [-0.25, -0.2) is 4.39 Å². The second-order valence-corrected chi connectivity index (χ2v) is 18.8. The number of ether oxygens (including phenoxy) is 17. The normalized spacial score (nSPS) is 33.8. The Morgan fingerprint density at radius 3 is 1.12 bits per heavy atom. The van der Waals surface area contributed by atoms with E-state index in [2.05, 4.69) is 5.32 Å². The van der Waals surface area contributed by atoms with Gasteiger partial charge >= 0.3 is 65.7 Å². The Labute approximate surface area is 457 Å². The third-order valence-corrected chi connectivity index (χ3v) is 12.1. The highest BCUT2D eigenvalue weighted by Gasteiger charge is 2.60. The molecule has 20 atom stereocenters. The van der Waals surface area contributed by atoms with Crippen LogP contribution in [0.15, 0.2) is 0 Å². The van der Waals surface area contributed by atoms with Crippen molar-refractivity contribution < 1.29 is 142 Å². The lowest BCUT2D eigenvalue weighted by Crippen LogP contribution is -2.71. The number of esters is 11. The van der Waals surface area contributed by atoms with Crippen LogP contribution in [0.5, 0.6) is 0 Å². The Hall–Kier alpha value is -6.67. The minimum absolute atomic E-state index is 0.707. The van der Waals surface area contributed by atoms with Crippen LogP contribution in [-0.2, 0) is 138 Å². The third-order valence-electron chi connectivity index (χ3n) is 12.1. The maximum absolute atomic E-state index is 16.9. The highest BCUT2D eigenvalue weighted by atomic mass is 19.1. The molecule has 0 bridgehead atoms. The van der Waals surface area contributed by atoms with Crippen LogP contribution in [-0.4, -0.2) is 208 Å². The van der Waals surface area contributed by atoms with E-state index in [9.17, 15) is 57.5 Å². The predicted octanol–water partition coefficient (Wildman–Crippen LogP) is -0.658. The molecule has 4 heterocycles. The molecule has 4 saturated heterocycles. The molecule has 0 aromatic rings. The fourth-order valence-electron chi connectivity index (χ4n) is 9.45. The number of carbonyl (C=O) groups is 12. The molecule has 80 heavy (non-hydrogen) atoms. The van der Waals surface area contributed by atoms with Crippen LogP contribution in [0, 0.1) is 5.92 Å². The van der Waals surface area contributed by atoms with Crippen molar-refractivity contribution in [2.75, 3.05) is 19.8 Å². The first-order chi connectivity index (χ1) is 37.4. The highest BCUT2D eigenvalue weighted by molar-refractivity contribution is 5.74. The van der Waals surface area contributed by atoms with Crippen LogP contribution in [0.2, 0.25) is 0 Å². The van der Waals surface area contributed by atoms with Gasteiger partial charge in [0.15, 0.2) is 55.3 Å². The predicted molar refractivity (Wildman–Crippen MR) is 251 cm³/mol. The van der Waals surface area contributed by atoms with E-state index in [1.807, 2.05) is 0 Å². The van der Waals surface area contributed by atoms with Crippen LogP contribution in [0.4, 0.5) is 4.39 Å². The molecule has 1 N–H and O–H groups in total. The SMILES string of the molecule is CC(=O)NC1C(CC2C(F)OC(COC(C)=O)C(OC(C)=O)C2OC(C)=O)OC(COC(C)=O)C(OC2OC(COC(C)=O)C(OC(C)=O)C(OC(C)=O)C2OC(C)=O)C1OC1OC(C)C(OC(C)=O)C(OC(C)=O)C1OC(C)=O. The van der Waals surface area contributed by atoms with Crippen molar-refractivity contribution in [1.82, 2.24) is 5.32 Å². The molecule has 0 aliphatic carbocycles. The van der Waals surface area contributed by atoms with Crippen LogP contribution < -0.4 is 5.32 Å². The van der Waals surface area contributed by atoms with Crippen molar-refractivity contribution in [2.45, 2.75) is 213 Å². The van der Waals surface area contributed by atoms with Gasteiger partial charge in [-0.05, 0) is 13.3 Å². The van der Waals surface area contributed by atoms with Crippen LogP contribution in [0.3, 0.4) is 0 Å². The summed E-state index contributed by atoms with van der Waals surface area (Å²) in [7, 11) is 0. The number of nitrogens with one attached hydrogen (secondary N) is 1. The molecular weight excluding hydrogens is 1090 g/mol. The summed E-state index contributed by atoms with van der Waals surface area (Å²) in [4.78, 5) is 152. The van der Waals surface area contributed by atoms with Crippen molar-refractivity contribution in [1.29, 1.82) is 0 Å². The van der Waals surface area contributed by atoms with Gasteiger partial charge in [-0.2, -0.15) is 0 Å². The van der Waals surface area contributed by atoms with Gasteiger partial charge in [-0.15, -0.1) is 0 Å². The summed E-state index contributed by atoms with van der Waals surface area (Å²) in [5.74, 6) is -13.3. The molecule has 1 amide bonds. The first-order valence-electron chi connectivity index (χ1n) is 25.0. The molecule has 0 spiro atoms. The standard InChI is InChI=1S/C49H68FNO29/c1-18-37(68-23(6)56)43(72-27(10)60)45(74-29(12)62)48(67-18)80-42-36(51-19(2)52)32(14-31-38(69-24(7)57)39(70-25(8)58)34(77-47(31)50)16-65-21(4)54)76-33(15-64-20(3)53)40(42)79-49-46(75-30(13)63)44(73-28(11)61)41(71-26(9)59)35(78-49)17-66-22(5)55/h18,31-49H,14-17H2,1-13H3,(H,51,52). The quantitative estimate of drug-likeness (QED) is 0.110. The Morgan fingerprint density at radius 2 is 0.700 bits per heavy atom. The number of alkyl halides is 1. The molecule has 0 aromatic carbocycles. The maximum Gasteiger partial charge on any atom is 0.303 e. The van der Waals surface area contributed by atoms with Crippen molar-refractivity contribution in [3.8, 4) is 0 Å². The second-order valence-electron chi connectivity index (χ2n) is 18.8. The van der Waals surface area contributed by atoms with E-state index in [1.54, 1.807) is 0 Å². The van der Waals surface area contributed by atoms with E-state index in [0.29, 0.717) is 0 Å². The lowest BCUT2D eigenvalue weighted by molar-refractivity contribution is -0.363. The molecule has 0 radical (unpaired) electrons. The van der Waals surface area contributed by atoms with E-state index >= 15 is 4.39 Å². The van der Waals surface area contributed by atoms with Gasteiger partial charge in [-0.3, -0.25) is 57.5 Å². The monoisotopic (exact) mass is 1150 g/mol. The zero-order chi connectivity index (χ0) is 60.0. The summed E-state index contributed by atoms with van der Waals surface area (Å²) in [5, 5.41) is 2.64. The minimum Gasteiger partial charge on any atom is -0.463 e. The summed E-state index contributed by atoms with van der Waals surface area (Å²) in [6, 6.07) is -1.77. The first kappa shape index (κ1) is 65.8. The molecule has 4 aliphatic rings. The number of halogens is 1. The zero-order valence-electron chi connectivity index (χ0n) is 46.1. The van der Waals surface area contributed by atoms with Gasteiger partial charge in [0.2, 0.25) is 12.3 Å². The summed E-state index contributed by atoms with van der Waals surface area (Å²) in [6.07, 6.45) is -33.5. The van der Waals surface area contributed by atoms with Gasteiger partial charge in [-0.1, -0.05) is 0 Å². The second kappa shape index (κ2) is 29.7. The Bertz CT molecular complexity index is 2280. The number of amides is 1. The molecule has 31 heteroatoms. The Balaban J connectivity index is 2.08. The first-order valence-corrected chi connectivity index (χ1v) is 25.0. The molecule has 30 nitrogen and oxygen atoms in total. The molecular formula is C49H68FNO29. The minimum atomic E-state index is -2.51. The zero-order valence-corrected chi connectivity index (χ0v) is 46.1. The highest BCUT2D eigenvalue weighted by Crippen LogP contribution is 2.41. The fraction of sp³-hybridized carbons (Fsp3) is 0.755. The van der Waals surface area contributed by atoms with Gasteiger partial charge in [0.05, 0.1) is 24.2 Å². The summed E-state index contributed by atoms with van der Waals surface area (Å²) in [5.41, 5.74) is 0. The summed E-state index contributed by atoms with van der Waals surface area (Å²) >= 11 is 0. The number of rotatable bonds is 21. The van der Waals surface area contributed by atoms with E-state index < -0.39 is 220 Å². The molecule has 4 rings (SSSR count). The average molecular weight is 1150 g/mol. The van der Waals surface area contributed by atoms with Crippen molar-refractivity contribution in [2.24, 2.45) is 5.92 Å². The van der Waals surface area contributed by atoms with Gasteiger partial charge in [0.1, 0.15) is 56.4 Å². The summed E-state index contributed by atoms with van der Waals surface area (Å²) < 4.78 is 115. The average Bonchev–Trinajstić information content (AvgIpc) is 3.36. The molecule has 450 valence electrons. The van der Waals surface area contributed by atoms with Gasteiger partial charge in [0.25, 0.3) is 0 Å². The topological polar surface area (TPSA) is 374 Å². The lowest BCUT2D eigenvalue weighted by atomic mass is 9.82. The Kier molecular flexibility index (Phi) is 24.4. The molecule has 20 unspecified atom stereocenters. The van der Waals surface area contributed by atoms with E-state index in [1.165, 1.54) is 6.92 Å². The van der Waals surface area contributed by atoms with Gasteiger partial charge < -0.3 is 85.8 Å². The molecule has 0 saturated carbocycles. The van der Waals surface area contributed by atoms with E-state index in [4.69, 9.17) is 80.5 Å². The third kappa shape index (κ3) is 19.0. The number of hydrogen-bond acceptors (Lipinski definition) is 29. The number of carbonyl (C=O) groups excluding carboxylic acids is 12. The largest absolute Gasteiger partial charge is 0.463 e. The maximum atomic E-state index is 16.9. The molecule has 4 fully saturated rings. The summed E-state index contributed by atoms with van der Waals surface area (Å²) in [6.45, 7) is 10.9. The van der Waals surface area contributed by atoms with Gasteiger partial charge in [0, 0.05) is 83.1 Å².